The predicted octanol–water partition coefficient (Wildman–Crippen LogP) is 5.94. The molecule has 0 spiro atoms. The van der Waals surface area contributed by atoms with Crippen LogP contribution in [0.25, 0.3) is 0 Å². The van der Waals surface area contributed by atoms with Gasteiger partial charge in [-0.15, -0.1) is 0 Å². The highest BCUT2D eigenvalue weighted by molar-refractivity contribution is 8.00. The first kappa shape index (κ1) is 56.2. The number of Topliss-reactive ketones (excluding diaryl/α,β-unsaturated/α-hetero) is 2. The van der Waals surface area contributed by atoms with E-state index >= 15 is 0 Å². The maximum Gasteiger partial charge on any atom is 0.307 e. The van der Waals surface area contributed by atoms with Crippen molar-refractivity contribution in [2.75, 3.05) is 47.7 Å². The van der Waals surface area contributed by atoms with Gasteiger partial charge in [-0.1, -0.05) is 77.8 Å². The van der Waals surface area contributed by atoms with Crippen LogP contribution in [0.5, 0.6) is 0 Å². The molecule has 16 heteroatoms. The SMILES string of the molecule is CC[C@H](C)[C@@H]([C@@H](CC(=O)N1CCC[C@H]1[C@H](OC)[C@@H](C)C(=O)C[C@@H](Cc1ccccc1)C(=O)O)OC)N(C)C(=O)C(CC(=O)[C@H](C)N(C)C(=O)CCCCCN1C(=O)CC(SC)C1=O)C(C)C. The Hall–Kier alpha value is -4.15. The molecule has 2 saturated heterocycles. The molecule has 0 aromatic heterocycles. The number of thioether (sulfide) groups is 1. The summed E-state index contributed by atoms with van der Waals surface area (Å²) < 4.78 is 12.0. The number of likely N-dealkylation sites (tertiary alicyclic amines) is 2. The summed E-state index contributed by atoms with van der Waals surface area (Å²) >= 11 is 1.38. The highest BCUT2D eigenvalue weighted by Gasteiger charge is 2.44. The van der Waals surface area contributed by atoms with Crippen LogP contribution in [0.2, 0.25) is 0 Å². The molecular formula is C50H78N4O11S. The lowest BCUT2D eigenvalue weighted by molar-refractivity contribution is -0.149. The number of carbonyl (C=O) groups is 8. The molecule has 66 heavy (non-hydrogen) atoms. The van der Waals surface area contributed by atoms with E-state index < -0.39 is 54.1 Å². The summed E-state index contributed by atoms with van der Waals surface area (Å²) in [6.45, 7) is 12.0. The summed E-state index contributed by atoms with van der Waals surface area (Å²) in [4.78, 5) is 112. The summed E-state index contributed by atoms with van der Waals surface area (Å²) in [5.41, 5.74) is 0.829. The summed E-state index contributed by atoms with van der Waals surface area (Å²) in [6, 6.07) is 7.48. The van der Waals surface area contributed by atoms with Crippen molar-refractivity contribution >= 4 is 58.8 Å². The molecule has 0 aliphatic carbocycles. The Labute approximate surface area is 397 Å². The fourth-order valence-corrected chi connectivity index (χ4v) is 10.2. The van der Waals surface area contributed by atoms with Gasteiger partial charge in [-0.05, 0) is 62.7 Å². The molecular weight excluding hydrogens is 865 g/mol. The smallest absolute Gasteiger partial charge is 0.307 e. The number of methoxy groups -OCH3 is 2. The number of imide groups is 1. The number of carboxylic acid groups (broad SMARTS) is 1. The number of likely N-dealkylation sites (N-methyl/N-ethyl adjacent to an activating group) is 2. The van der Waals surface area contributed by atoms with Gasteiger partial charge in [0.05, 0.1) is 47.9 Å². The Kier molecular flexibility index (Phi) is 23.0. The van der Waals surface area contributed by atoms with Crippen molar-refractivity contribution in [1.82, 2.24) is 19.6 Å². The van der Waals surface area contributed by atoms with Crippen LogP contribution in [0, 0.1) is 29.6 Å². The number of hydrogen-bond donors (Lipinski definition) is 1. The van der Waals surface area contributed by atoms with Crippen LogP contribution in [0.1, 0.15) is 118 Å². The normalized spacial score (nSPS) is 20.1. The number of carbonyl (C=O) groups excluding carboxylic acids is 7. The highest BCUT2D eigenvalue weighted by Crippen LogP contribution is 2.32. The van der Waals surface area contributed by atoms with Crippen molar-refractivity contribution in [3.8, 4) is 0 Å². The fraction of sp³-hybridized carbons (Fsp3) is 0.720. The van der Waals surface area contributed by atoms with Crippen molar-refractivity contribution < 1.29 is 52.9 Å². The molecule has 0 radical (unpaired) electrons. The topological polar surface area (TPSA) is 188 Å². The zero-order valence-electron chi connectivity index (χ0n) is 41.4. The van der Waals surface area contributed by atoms with Crippen molar-refractivity contribution in [1.29, 1.82) is 0 Å². The van der Waals surface area contributed by atoms with Gasteiger partial charge < -0.3 is 29.3 Å². The lowest BCUT2D eigenvalue weighted by Crippen LogP contribution is -2.54. The largest absolute Gasteiger partial charge is 0.481 e. The molecule has 1 aromatic carbocycles. The predicted molar refractivity (Wildman–Crippen MR) is 254 cm³/mol. The van der Waals surface area contributed by atoms with Gasteiger partial charge in [-0.25, -0.2) is 0 Å². The highest BCUT2D eigenvalue weighted by atomic mass is 32.2. The molecule has 15 nitrogen and oxygen atoms in total. The van der Waals surface area contributed by atoms with Crippen LogP contribution in [-0.2, 0) is 54.3 Å². The van der Waals surface area contributed by atoms with E-state index in [-0.39, 0.29) is 96.7 Å². The summed E-state index contributed by atoms with van der Waals surface area (Å²) in [7, 11) is 6.31. The van der Waals surface area contributed by atoms with E-state index in [1.54, 1.807) is 37.7 Å². The third-order valence-corrected chi connectivity index (χ3v) is 15.2. The molecule has 3 rings (SSSR count). The first-order valence-corrected chi connectivity index (χ1v) is 25.1. The Morgan fingerprint density at radius 2 is 1.55 bits per heavy atom. The number of rotatable bonds is 29. The quantitative estimate of drug-likeness (QED) is 0.0737. The number of nitrogens with zero attached hydrogens (tertiary/aromatic N) is 4. The standard InChI is InChI=1S/C50H78N4O11S/c1-12-32(4)46(41(64-9)29-44(58)53-25-19-22-38(53)47(65-10)33(5)39(55)27-36(50(62)63)26-35-20-15-13-16-21-35)52(8)48(60)37(31(2)3)28-40(56)34(6)51(7)43(57)23-17-14-18-24-54-45(59)30-42(66-11)49(54)61/h13,15-16,20-21,31-34,36-38,41-42,46-47H,12,14,17-19,22-30H2,1-11H3,(H,62,63)/t32-,33-,34-,36+,37?,38-,41+,42?,46-,47+/m0/s1. The van der Waals surface area contributed by atoms with E-state index in [0.29, 0.717) is 51.6 Å². The minimum atomic E-state index is -1.05. The molecule has 1 aromatic rings. The zero-order valence-corrected chi connectivity index (χ0v) is 42.2. The first-order chi connectivity index (χ1) is 31.2. The van der Waals surface area contributed by atoms with Crippen LogP contribution in [0.15, 0.2) is 30.3 Å². The number of carboxylic acids is 1. The molecule has 0 saturated carbocycles. The number of amides is 5. The van der Waals surface area contributed by atoms with Gasteiger partial charge in [-0.2, -0.15) is 11.8 Å². The molecule has 1 N–H and O–H groups in total. The van der Waals surface area contributed by atoms with E-state index in [9.17, 15) is 43.5 Å². The number of ketones is 2. The van der Waals surface area contributed by atoms with E-state index in [1.165, 1.54) is 35.8 Å². The van der Waals surface area contributed by atoms with Gasteiger partial charge in [0.1, 0.15) is 5.78 Å². The lowest BCUT2D eigenvalue weighted by atomic mass is 9.85. The van der Waals surface area contributed by atoms with Crippen LogP contribution < -0.4 is 0 Å². The zero-order chi connectivity index (χ0) is 49.4. The fourth-order valence-electron chi connectivity index (χ4n) is 9.57. The molecule has 370 valence electrons. The number of unbranched alkanes of at least 4 members (excludes halogenated alkanes) is 2. The maximum atomic E-state index is 14.5. The van der Waals surface area contributed by atoms with Gasteiger partial charge >= 0.3 is 5.97 Å². The van der Waals surface area contributed by atoms with Gasteiger partial charge in [0.15, 0.2) is 5.78 Å². The number of benzene rings is 1. The average Bonchev–Trinajstić information content (AvgIpc) is 3.89. The van der Waals surface area contributed by atoms with Crippen molar-refractivity contribution in [2.45, 2.75) is 154 Å². The molecule has 2 fully saturated rings. The molecule has 2 heterocycles. The van der Waals surface area contributed by atoms with Crippen molar-refractivity contribution in [3.05, 3.63) is 35.9 Å². The van der Waals surface area contributed by atoms with Gasteiger partial charge in [0.2, 0.25) is 29.5 Å². The molecule has 2 aliphatic heterocycles. The second-order valence-electron chi connectivity index (χ2n) is 18.8. The van der Waals surface area contributed by atoms with Crippen LogP contribution in [0.4, 0.5) is 0 Å². The molecule has 5 amide bonds. The molecule has 0 bridgehead atoms. The Balaban J connectivity index is 1.65. The van der Waals surface area contributed by atoms with Gasteiger partial charge in [-0.3, -0.25) is 43.3 Å². The molecule has 2 aliphatic rings. The third-order valence-electron chi connectivity index (χ3n) is 14.2. The summed E-state index contributed by atoms with van der Waals surface area (Å²) in [6.07, 6.45) is 4.56. The van der Waals surface area contributed by atoms with Crippen molar-refractivity contribution in [2.24, 2.45) is 29.6 Å². The van der Waals surface area contributed by atoms with E-state index in [4.69, 9.17) is 9.47 Å². The number of aliphatic carboxylic acids is 1. The number of hydrogen-bond acceptors (Lipinski definition) is 11. The second-order valence-corrected chi connectivity index (χ2v) is 19.8. The maximum absolute atomic E-state index is 14.5. The Morgan fingerprint density at radius 3 is 2.11 bits per heavy atom. The number of ether oxygens (including phenoxy) is 2. The molecule has 2 unspecified atom stereocenters. The minimum Gasteiger partial charge on any atom is -0.481 e. The third kappa shape index (κ3) is 14.9. The van der Waals surface area contributed by atoms with Crippen LogP contribution in [0.3, 0.4) is 0 Å². The van der Waals surface area contributed by atoms with Crippen LogP contribution in [-0.4, -0.2) is 155 Å². The molecule has 10 atom stereocenters. The Morgan fingerprint density at radius 1 is 0.879 bits per heavy atom. The average molecular weight is 943 g/mol. The minimum absolute atomic E-state index is 0.0429. The summed E-state index contributed by atoms with van der Waals surface area (Å²) in [5.74, 6) is -5.10. The van der Waals surface area contributed by atoms with Gasteiger partial charge in [0.25, 0.3) is 0 Å². The van der Waals surface area contributed by atoms with E-state index in [2.05, 4.69) is 0 Å². The first-order valence-electron chi connectivity index (χ1n) is 23.8. The van der Waals surface area contributed by atoms with Gasteiger partial charge in [0, 0.05) is 78.9 Å². The van der Waals surface area contributed by atoms with E-state index in [0.717, 1.165) is 5.56 Å². The summed E-state index contributed by atoms with van der Waals surface area (Å²) in [5, 5.41) is 9.67. The second kappa shape index (κ2) is 27.0. The Bertz CT molecular complexity index is 1810. The van der Waals surface area contributed by atoms with E-state index in [1.807, 2.05) is 64.3 Å². The lowest BCUT2D eigenvalue weighted by Gasteiger charge is -2.41. The monoisotopic (exact) mass is 943 g/mol. The van der Waals surface area contributed by atoms with Crippen LogP contribution >= 0.6 is 11.8 Å². The van der Waals surface area contributed by atoms with Crippen molar-refractivity contribution in [3.63, 3.8) is 0 Å².